The lowest BCUT2D eigenvalue weighted by Gasteiger charge is -2.17. The molecule has 0 spiro atoms. The second-order valence-electron chi connectivity index (χ2n) is 5.31. The molecule has 0 amide bonds. The van der Waals surface area contributed by atoms with E-state index < -0.39 is 0 Å². The van der Waals surface area contributed by atoms with Gasteiger partial charge < -0.3 is 5.73 Å². The average Bonchev–Trinajstić information content (AvgIpc) is 2.88. The molecule has 0 aliphatic heterocycles. The van der Waals surface area contributed by atoms with Gasteiger partial charge in [-0.3, -0.25) is 0 Å². The normalized spacial score (nSPS) is 15.3. The molecule has 0 saturated carbocycles. The molecular weight excluding hydrogens is 254 g/mol. The van der Waals surface area contributed by atoms with Crippen LogP contribution < -0.4 is 5.73 Å². The summed E-state index contributed by atoms with van der Waals surface area (Å²) in [5, 5.41) is 0.786. The van der Waals surface area contributed by atoms with Gasteiger partial charge in [-0.15, -0.1) is 0 Å². The second kappa shape index (κ2) is 4.99. The van der Waals surface area contributed by atoms with Gasteiger partial charge in [0.05, 0.1) is 6.04 Å². The summed E-state index contributed by atoms with van der Waals surface area (Å²) in [7, 11) is 0. The molecule has 0 radical (unpaired) electrons. The number of aryl methyl sites for hydroxylation is 2. The lowest BCUT2D eigenvalue weighted by Crippen LogP contribution is -2.13. The van der Waals surface area contributed by atoms with Crippen LogP contribution >= 0.6 is 11.6 Å². The van der Waals surface area contributed by atoms with E-state index in [0.717, 1.165) is 16.1 Å². The highest BCUT2D eigenvalue weighted by Gasteiger charge is 2.16. The minimum Gasteiger partial charge on any atom is -0.320 e. The Bertz CT molecular complexity index is 619. The van der Waals surface area contributed by atoms with Crippen LogP contribution in [-0.4, -0.2) is 0 Å². The van der Waals surface area contributed by atoms with Gasteiger partial charge in [0.25, 0.3) is 0 Å². The number of fused-ring (bicyclic) bond motifs is 1. The maximum atomic E-state index is 6.42. The van der Waals surface area contributed by atoms with Crippen LogP contribution in [0.15, 0.2) is 36.4 Å². The summed E-state index contributed by atoms with van der Waals surface area (Å²) in [6.07, 6.45) is 3.66. The van der Waals surface area contributed by atoms with Crippen LogP contribution in [0.25, 0.3) is 0 Å². The molecule has 0 saturated heterocycles. The third kappa shape index (κ3) is 2.29. The standard InChI is InChI=1S/C17H18ClN/c1-11-15(6-3-7-16(11)18)17(19)14-9-8-12-4-2-5-13(12)10-14/h3,6-10,17H,2,4-5,19H2,1H3. The highest BCUT2D eigenvalue weighted by Crippen LogP contribution is 2.30. The maximum Gasteiger partial charge on any atom is 0.0554 e. The van der Waals surface area contributed by atoms with Crippen molar-refractivity contribution in [3.63, 3.8) is 0 Å². The fourth-order valence-electron chi connectivity index (χ4n) is 2.93. The molecule has 1 unspecified atom stereocenters. The van der Waals surface area contributed by atoms with E-state index in [1.54, 1.807) is 0 Å². The van der Waals surface area contributed by atoms with Crippen LogP contribution in [0.2, 0.25) is 5.02 Å². The predicted octanol–water partition coefficient (Wildman–Crippen LogP) is 4.19. The zero-order chi connectivity index (χ0) is 13.4. The van der Waals surface area contributed by atoms with E-state index in [4.69, 9.17) is 17.3 Å². The van der Waals surface area contributed by atoms with E-state index in [1.807, 2.05) is 19.1 Å². The summed E-state index contributed by atoms with van der Waals surface area (Å²) in [5.74, 6) is 0. The number of halogens is 1. The molecular formula is C17H18ClN. The van der Waals surface area contributed by atoms with Crippen molar-refractivity contribution in [3.05, 3.63) is 69.2 Å². The van der Waals surface area contributed by atoms with Crippen molar-refractivity contribution in [3.8, 4) is 0 Å². The Morgan fingerprint density at radius 1 is 1.11 bits per heavy atom. The summed E-state index contributed by atoms with van der Waals surface area (Å²) in [6, 6.07) is 12.5. The zero-order valence-electron chi connectivity index (χ0n) is 11.1. The predicted molar refractivity (Wildman–Crippen MR) is 80.7 cm³/mol. The van der Waals surface area contributed by atoms with Gasteiger partial charge in [-0.05, 0) is 60.1 Å². The molecule has 3 rings (SSSR count). The first-order chi connectivity index (χ1) is 9.16. The Balaban J connectivity index is 2.00. The molecule has 1 atom stereocenters. The van der Waals surface area contributed by atoms with Gasteiger partial charge in [0, 0.05) is 5.02 Å². The van der Waals surface area contributed by atoms with Crippen molar-refractivity contribution >= 4 is 11.6 Å². The molecule has 2 N–H and O–H groups in total. The lowest BCUT2D eigenvalue weighted by atomic mass is 9.94. The van der Waals surface area contributed by atoms with E-state index in [0.29, 0.717) is 0 Å². The van der Waals surface area contributed by atoms with Crippen LogP contribution in [0.1, 0.15) is 40.3 Å². The minimum atomic E-state index is -0.0930. The molecule has 2 heteroatoms. The van der Waals surface area contributed by atoms with Crippen molar-refractivity contribution in [1.29, 1.82) is 0 Å². The van der Waals surface area contributed by atoms with Gasteiger partial charge in [0.1, 0.15) is 0 Å². The first-order valence-corrected chi connectivity index (χ1v) is 7.17. The maximum absolute atomic E-state index is 6.42. The van der Waals surface area contributed by atoms with Crippen molar-refractivity contribution in [2.24, 2.45) is 5.73 Å². The summed E-state index contributed by atoms with van der Waals surface area (Å²) in [6.45, 7) is 2.03. The van der Waals surface area contributed by atoms with E-state index in [-0.39, 0.29) is 6.04 Å². The van der Waals surface area contributed by atoms with Crippen molar-refractivity contribution in [2.45, 2.75) is 32.2 Å². The molecule has 98 valence electrons. The highest BCUT2D eigenvalue weighted by molar-refractivity contribution is 6.31. The Morgan fingerprint density at radius 2 is 1.89 bits per heavy atom. The highest BCUT2D eigenvalue weighted by atomic mass is 35.5. The van der Waals surface area contributed by atoms with E-state index in [2.05, 4.69) is 24.3 Å². The Labute approximate surface area is 119 Å². The van der Waals surface area contributed by atoms with Gasteiger partial charge in [0.2, 0.25) is 0 Å². The fraction of sp³-hybridized carbons (Fsp3) is 0.294. The smallest absolute Gasteiger partial charge is 0.0554 e. The lowest BCUT2D eigenvalue weighted by molar-refractivity contribution is 0.858. The van der Waals surface area contributed by atoms with Gasteiger partial charge in [-0.1, -0.05) is 41.9 Å². The molecule has 2 aromatic rings. The Hall–Kier alpha value is -1.31. The number of hydrogen-bond donors (Lipinski definition) is 1. The van der Waals surface area contributed by atoms with Crippen LogP contribution in [0.4, 0.5) is 0 Å². The van der Waals surface area contributed by atoms with E-state index in [9.17, 15) is 0 Å². The number of benzene rings is 2. The van der Waals surface area contributed by atoms with Gasteiger partial charge in [-0.25, -0.2) is 0 Å². The average molecular weight is 272 g/mol. The molecule has 1 aliphatic rings. The molecule has 19 heavy (non-hydrogen) atoms. The van der Waals surface area contributed by atoms with Gasteiger partial charge in [-0.2, -0.15) is 0 Å². The number of hydrogen-bond acceptors (Lipinski definition) is 1. The van der Waals surface area contributed by atoms with Crippen LogP contribution in [-0.2, 0) is 12.8 Å². The van der Waals surface area contributed by atoms with E-state index >= 15 is 0 Å². The molecule has 1 nitrogen and oxygen atoms in total. The van der Waals surface area contributed by atoms with Gasteiger partial charge in [0.15, 0.2) is 0 Å². The quantitative estimate of drug-likeness (QED) is 0.871. The van der Waals surface area contributed by atoms with Crippen molar-refractivity contribution < 1.29 is 0 Å². The molecule has 0 fully saturated rings. The van der Waals surface area contributed by atoms with Crippen LogP contribution in [0.5, 0.6) is 0 Å². The summed E-state index contributed by atoms with van der Waals surface area (Å²) >= 11 is 6.18. The molecule has 0 heterocycles. The largest absolute Gasteiger partial charge is 0.320 e. The van der Waals surface area contributed by atoms with Gasteiger partial charge >= 0.3 is 0 Å². The van der Waals surface area contributed by atoms with Crippen LogP contribution in [0, 0.1) is 6.92 Å². The van der Waals surface area contributed by atoms with Crippen molar-refractivity contribution in [1.82, 2.24) is 0 Å². The number of rotatable bonds is 2. The first-order valence-electron chi connectivity index (χ1n) is 6.79. The Morgan fingerprint density at radius 3 is 2.74 bits per heavy atom. The first kappa shape index (κ1) is 12.7. The molecule has 0 aromatic heterocycles. The topological polar surface area (TPSA) is 26.0 Å². The monoisotopic (exact) mass is 271 g/mol. The third-order valence-electron chi connectivity index (χ3n) is 4.13. The fourth-order valence-corrected chi connectivity index (χ4v) is 3.11. The SMILES string of the molecule is Cc1c(Cl)cccc1C(N)c1ccc2c(c1)CCC2. The molecule has 0 bridgehead atoms. The van der Waals surface area contributed by atoms with E-state index in [1.165, 1.54) is 36.0 Å². The van der Waals surface area contributed by atoms with Crippen LogP contribution in [0.3, 0.4) is 0 Å². The summed E-state index contributed by atoms with van der Waals surface area (Å²) in [4.78, 5) is 0. The van der Waals surface area contributed by atoms with Crippen molar-refractivity contribution in [2.75, 3.05) is 0 Å². The third-order valence-corrected chi connectivity index (χ3v) is 4.54. The zero-order valence-corrected chi connectivity index (χ0v) is 11.9. The molecule has 2 aromatic carbocycles. The Kier molecular flexibility index (Phi) is 3.34. The molecule has 1 aliphatic carbocycles. The summed E-state index contributed by atoms with van der Waals surface area (Å²) in [5.41, 5.74) is 12.8. The summed E-state index contributed by atoms with van der Waals surface area (Å²) < 4.78 is 0. The number of nitrogens with two attached hydrogens (primary N) is 1. The second-order valence-corrected chi connectivity index (χ2v) is 5.72. The minimum absolute atomic E-state index is 0.0930.